The van der Waals surface area contributed by atoms with E-state index < -0.39 is 11.2 Å². The van der Waals surface area contributed by atoms with Crippen molar-refractivity contribution < 1.29 is 23.8 Å². The standard InChI is InChI=1S/C26H41N3O6/c1-25(2,3)34-23(31)27-12-7-19(8-13-27)18-29-16-11-21(17-22(29)30)33-20-9-14-28(15-10-20)24(32)35-26(4,5)6/h11,16-17,19-20H,7-10,12-15,18H2,1-6H3. The molecule has 0 saturated carbocycles. The average Bonchev–Trinajstić information content (AvgIpc) is 2.74. The van der Waals surface area contributed by atoms with E-state index in [4.69, 9.17) is 14.2 Å². The molecule has 1 aromatic heterocycles. The topological polar surface area (TPSA) is 90.3 Å². The Bertz CT molecular complexity index is 930. The van der Waals surface area contributed by atoms with Gasteiger partial charge in [-0.15, -0.1) is 0 Å². The summed E-state index contributed by atoms with van der Waals surface area (Å²) in [6, 6.07) is 3.37. The lowest BCUT2D eigenvalue weighted by atomic mass is 9.97. The molecule has 0 aromatic carbocycles. The van der Waals surface area contributed by atoms with Gasteiger partial charge in [-0.1, -0.05) is 0 Å². The quantitative estimate of drug-likeness (QED) is 0.625. The van der Waals surface area contributed by atoms with Crippen LogP contribution in [0.3, 0.4) is 0 Å². The number of likely N-dealkylation sites (tertiary alicyclic amines) is 2. The molecule has 0 aliphatic carbocycles. The maximum atomic E-state index is 12.7. The number of aromatic nitrogens is 1. The molecule has 2 aliphatic rings. The van der Waals surface area contributed by atoms with Crippen LogP contribution in [-0.4, -0.2) is 70.0 Å². The van der Waals surface area contributed by atoms with Gasteiger partial charge < -0.3 is 28.6 Å². The number of carbonyl (C=O) groups is 2. The van der Waals surface area contributed by atoms with Crippen LogP contribution in [0.5, 0.6) is 5.75 Å². The maximum Gasteiger partial charge on any atom is 0.410 e. The molecule has 0 N–H and O–H groups in total. The molecule has 9 nitrogen and oxygen atoms in total. The van der Waals surface area contributed by atoms with Crippen LogP contribution in [0.1, 0.15) is 67.2 Å². The largest absolute Gasteiger partial charge is 0.490 e. The van der Waals surface area contributed by atoms with E-state index in [9.17, 15) is 14.4 Å². The van der Waals surface area contributed by atoms with Crippen molar-refractivity contribution in [3.8, 4) is 5.75 Å². The molecule has 3 heterocycles. The third-order valence-electron chi connectivity index (χ3n) is 6.09. The van der Waals surface area contributed by atoms with E-state index in [1.165, 1.54) is 6.07 Å². The van der Waals surface area contributed by atoms with E-state index in [-0.39, 0.29) is 23.8 Å². The molecular weight excluding hydrogens is 450 g/mol. The second-order valence-corrected chi connectivity index (χ2v) is 11.5. The second-order valence-electron chi connectivity index (χ2n) is 11.5. The molecule has 2 aliphatic heterocycles. The molecule has 35 heavy (non-hydrogen) atoms. The van der Waals surface area contributed by atoms with Crippen LogP contribution in [0, 0.1) is 5.92 Å². The summed E-state index contributed by atoms with van der Waals surface area (Å²) >= 11 is 0. The van der Waals surface area contributed by atoms with Gasteiger partial charge in [-0.05, 0) is 66.4 Å². The number of carbonyl (C=O) groups excluding carboxylic acids is 2. The lowest BCUT2D eigenvalue weighted by Gasteiger charge is -2.34. The van der Waals surface area contributed by atoms with Gasteiger partial charge in [-0.3, -0.25) is 4.79 Å². The Kier molecular flexibility index (Phi) is 8.38. The number of amides is 2. The fourth-order valence-corrected chi connectivity index (χ4v) is 4.29. The molecule has 0 unspecified atom stereocenters. The van der Waals surface area contributed by atoms with E-state index in [1.807, 2.05) is 47.6 Å². The molecule has 2 saturated heterocycles. The van der Waals surface area contributed by atoms with Gasteiger partial charge in [-0.2, -0.15) is 0 Å². The molecule has 0 spiro atoms. The lowest BCUT2D eigenvalue weighted by molar-refractivity contribution is 0.0123. The molecule has 0 bridgehead atoms. The Morgan fingerprint density at radius 2 is 1.34 bits per heavy atom. The third kappa shape index (κ3) is 8.47. The van der Waals surface area contributed by atoms with Crippen molar-refractivity contribution >= 4 is 12.2 Å². The van der Waals surface area contributed by atoms with Crippen molar-refractivity contribution in [3.63, 3.8) is 0 Å². The first-order valence-electron chi connectivity index (χ1n) is 12.6. The molecule has 0 atom stereocenters. The minimum absolute atomic E-state index is 0.0406. The van der Waals surface area contributed by atoms with Crippen molar-refractivity contribution in [3.05, 3.63) is 28.7 Å². The van der Waals surface area contributed by atoms with Gasteiger partial charge in [0.15, 0.2) is 0 Å². The first kappa shape index (κ1) is 26.9. The van der Waals surface area contributed by atoms with Crippen molar-refractivity contribution in [1.82, 2.24) is 14.4 Å². The average molecular weight is 492 g/mol. The number of piperidine rings is 2. The van der Waals surface area contributed by atoms with Gasteiger partial charge in [0.05, 0.1) is 0 Å². The van der Waals surface area contributed by atoms with Crippen LogP contribution < -0.4 is 10.3 Å². The first-order chi connectivity index (χ1) is 16.3. The molecule has 2 fully saturated rings. The van der Waals surface area contributed by atoms with Gasteiger partial charge in [0.1, 0.15) is 23.1 Å². The highest BCUT2D eigenvalue weighted by atomic mass is 16.6. The Morgan fingerprint density at radius 3 is 1.80 bits per heavy atom. The first-order valence-corrected chi connectivity index (χ1v) is 12.6. The fourth-order valence-electron chi connectivity index (χ4n) is 4.29. The van der Waals surface area contributed by atoms with Crippen LogP contribution in [0.15, 0.2) is 23.1 Å². The highest BCUT2D eigenvalue weighted by Crippen LogP contribution is 2.22. The summed E-state index contributed by atoms with van der Waals surface area (Å²) in [6.45, 7) is 14.2. The molecule has 2 amide bonds. The Hall–Kier alpha value is -2.71. The minimum Gasteiger partial charge on any atom is -0.490 e. The Labute approximate surface area is 208 Å². The van der Waals surface area contributed by atoms with Crippen molar-refractivity contribution in [2.45, 2.75) is 91.1 Å². The Morgan fingerprint density at radius 1 is 0.857 bits per heavy atom. The van der Waals surface area contributed by atoms with E-state index in [2.05, 4.69) is 0 Å². The molecule has 9 heteroatoms. The summed E-state index contributed by atoms with van der Waals surface area (Å²) < 4.78 is 18.6. The summed E-state index contributed by atoms with van der Waals surface area (Å²) in [5, 5.41) is 0. The van der Waals surface area contributed by atoms with Crippen molar-refractivity contribution in [2.75, 3.05) is 26.2 Å². The zero-order valence-electron chi connectivity index (χ0n) is 22.0. The number of ether oxygens (including phenoxy) is 3. The van der Waals surface area contributed by atoms with Crippen LogP contribution >= 0.6 is 0 Å². The van der Waals surface area contributed by atoms with Gasteiger partial charge >= 0.3 is 12.2 Å². The number of nitrogens with zero attached hydrogens (tertiary/aromatic N) is 3. The summed E-state index contributed by atoms with van der Waals surface area (Å²) in [7, 11) is 0. The maximum absolute atomic E-state index is 12.7. The SMILES string of the molecule is CC(C)(C)OC(=O)N1CCC(Cn2ccc(OC3CCN(C(=O)OC(C)(C)C)CC3)cc2=O)CC1. The van der Waals surface area contributed by atoms with Crippen LogP contribution in [-0.2, 0) is 16.0 Å². The van der Waals surface area contributed by atoms with Gasteiger partial charge in [0.2, 0.25) is 0 Å². The predicted molar refractivity (Wildman–Crippen MR) is 133 cm³/mol. The number of hydrogen-bond donors (Lipinski definition) is 0. The molecule has 0 radical (unpaired) electrons. The van der Waals surface area contributed by atoms with Crippen molar-refractivity contribution in [1.29, 1.82) is 0 Å². The lowest BCUT2D eigenvalue weighted by Crippen LogP contribution is -2.44. The zero-order valence-corrected chi connectivity index (χ0v) is 22.0. The van der Waals surface area contributed by atoms with E-state index in [0.717, 1.165) is 12.8 Å². The highest BCUT2D eigenvalue weighted by molar-refractivity contribution is 5.68. The zero-order chi connectivity index (χ0) is 25.8. The monoisotopic (exact) mass is 491 g/mol. The summed E-state index contributed by atoms with van der Waals surface area (Å²) in [5.41, 5.74) is -1.10. The van der Waals surface area contributed by atoms with Gasteiger partial charge in [0, 0.05) is 57.8 Å². The van der Waals surface area contributed by atoms with E-state index in [1.54, 1.807) is 20.6 Å². The number of rotatable bonds is 4. The van der Waals surface area contributed by atoms with E-state index >= 15 is 0 Å². The fraction of sp³-hybridized carbons (Fsp3) is 0.731. The minimum atomic E-state index is -0.510. The summed E-state index contributed by atoms with van der Waals surface area (Å²) in [5.74, 6) is 0.886. The molecule has 3 rings (SSSR count). The third-order valence-corrected chi connectivity index (χ3v) is 6.09. The summed E-state index contributed by atoms with van der Waals surface area (Å²) in [4.78, 5) is 40.6. The molecule has 1 aromatic rings. The van der Waals surface area contributed by atoms with Crippen LogP contribution in [0.25, 0.3) is 0 Å². The second kappa shape index (κ2) is 10.9. The molecule has 196 valence electrons. The summed E-state index contributed by atoms with van der Waals surface area (Å²) in [6.07, 6.45) is 4.23. The number of hydrogen-bond acceptors (Lipinski definition) is 6. The Balaban J connectivity index is 1.45. The van der Waals surface area contributed by atoms with Crippen molar-refractivity contribution in [2.24, 2.45) is 5.92 Å². The van der Waals surface area contributed by atoms with Crippen LogP contribution in [0.4, 0.5) is 9.59 Å². The highest BCUT2D eigenvalue weighted by Gasteiger charge is 2.29. The predicted octanol–water partition coefficient (Wildman–Crippen LogP) is 4.27. The normalized spacial score (nSPS) is 18.3. The van der Waals surface area contributed by atoms with E-state index in [0.29, 0.717) is 57.2 Å². The number of pyridine rings is 1. The smallest absolute Gasteiger partial charge is 0.410 e. The molecular formula is C26H41N3O6. The van der Waals surface area contributed by atoms with Crippen LogP contribution in [0.2, 0.25) is 0 Å². The van der Waals surface area contributed by atoms with Gasteiger partial charge in [-0.25, -0.2) is 9.59 Å². The van der Waals surface area contributed by atoms with Gasteiger partial charge in [0.25, 0.3) is 5.56 Å².